The van der Waals surface area contributed by atoms with Crippen LogP contribution in [0.25, 0.3) is 11.8 Å². The Bertz CT molecular complexity index is 1010. The molecule has 140 valence electrons. The third-order valence-electron chi connectivity index (χ3n) is 4.36. The molecule has 2 aromatic rings. The van der Waals surface area contributed by atoms with Crippen molar-refractivity contribution in [2.45, 2.75) is 13.8 Å². The van der Waals surface area contributed by atoms with E-state index >= 15 is 0 Å². The summed E-state index contributed by atoms with van der Waals surface area (Å²) in [5.74, 6) is 0.0363. The predicted molar refractivity (Wildman–Crippen MR) is 102 cm³/mol. The van der Waals surface area contributed by atoms with Gasteiger partial charge in [-0.2, -0.15) is 0 Å². The summed E-state index contributed by atoms with van der Waals surface area (Å²) < 4.78 is 7.23. The van der Waals surface area contributed by atoms with Gasteiger partial charge >= 0.3 is 0 Å². The second kappa shape index (κ2) is 6.92. The summed E-state index contributed by atoms with van der Waals surface area (Å²) in [7, 11) is 2.90. The molecule has 0 aliphatic carbocycles. The molecule has 0 atom stereocenters. The molecule has 1 aliphatic heterocycles. The number of imide groups is 1. The maximum atomic E-state index is 12.1. The lowest BCUT2D eigenvalue weighted by atomic mass is 10.2. The zero-order valence-corrected chi connectivity index (χ0v) is 16.0. The van der Waals surface area contributed by atoms with E-state index in [1.807, 2.05) is 24.5 Å². The number of aromatic nitrogens is 1. The molecule has 2 amide bonds. The van der Waals surface area contributed by atoms with Crippen LogP contribution in [-0.4, -0.2) is 39.7 Å². The second-order valence-corrected chi connectivity index (χ2v) is 7.01. The fourth-order valence-corrected chi connectivity index (χ4v) is 3.77. The van der Waals surface area contributed by atoms with Crippen LogP contribution in [0.3, 0.4) is 0 Å². The van der Waals surface area contributed by atoms with Crippen LogP contribution in [0, 0.1) is 24.0 Å². The quantitative estimate of drug-likeness (QED) is 0.451. The van der Waals surface area contributed by atoms with Gasteiger partial charge in [0.2, 0.25) is 0 Å². The van der Waals surface area contributed by atoms with Crippen molar-refractivity contribution < 1.29 is 19.2 Å². The fourth-order valence-electron chi connectivity index (χ4n) is 2.96. The minimum Gasteiger partial charge on any atom is -0.494 e. The van der Waals surface area contributed by atoms with Crippen molar-refractivity contribution in [3.8, 4) is 11.4 Å². The van der Waals surface area contributed by atoms with Crippen LogP contribution in [-0.2, 0) is 4.79 Å². The molecule has 1 aliphatic rings. The first-order valence-electron chi connectivity index (χ1n) is 7.98. The Hall–Kier alpha value is -3.07. The number of carbonyl (C=O) groups excluding carboxylic acids is 2. The highest BCUT2D eigenvalue weighted by Crippen LogP contribution is 2.35. The van der Waals surface area contributed by atoms with Crippen molar-refractivity contribution in [3.63, 3.8) is 0 Å². The number of nitrogens with zero attached hydrogens (tertiary/aromatic N) is 3. The van der Waals surface area contributed by atoms with Gasteiger partial charge in [-0.1, -0.05) is 0 Å². The number of aryl methyl sites for hydroxylation is 1. The van der Waals surface area contributed by atoms with Crippen LogP contribution >= 0.6 is 11.8 Å². The van der Waals surface area contributed by atoms with Crippen LogP contribution in [0.15, 0.2) is 29.2 Å². The summed E-state index contributed by atoms with van der Waals surface area (Å²) in [6.45, 7) is 3.76. The Labute approximate surface area is 159 Å². The second-order valence-electron chi connectivity index (χ2n) is 6.02. The van der Waals surface area contributed by atoms with E-state index in [4.69, 9.17) is 4.74 Å². The Kier molecular flexibility index (Phi) is 4.79. The summed E-state index contributed by atoms with van der Waals surface area (Å²) in [6, 6.07) is 6.30. The zero-order valence-electron chi connectivity index (χ0n) is 15.2. The Balaban J connectivity index is 2.09. The molecule has 1 aromatic heterocycles. The van der Waals surface area contributed by atoms with Crippen LogP contribution < -0.4 is 4.74 Å². The third-order valence-corrected chi connectivity index (χ3v) is 5.32. The molecule has 0 spiro atoms. The maximum Gasteiger partial charge on any atom is 0.293 e. The SMILES string of the molecule is COc1cc([N+](=O)[O-])ccc1-n1c(C)cc(/C=C2\SC(=O)N(C)C2=O)c1C. The summed E-state index contributed by atoms with van der Waals surface area (Å²) in [5, 5.41) is 10.7. The molecule has 27 heavy (non-hydrogen) atoms. The number of carbonyl (C=O) groups is 2. The first kappa shape index (κ1) is 18.7. The lowest BCUT2D eigenvalue weighted by Gasteiger charge is -2.13. The number of nitro groups is 1. The van der Waals surface area contributed by atoms with Crippen LogP contribution in [0.5, 0.6) is 5.75 Å². The van der Waals surface area contributed by atoms with Crippen molar-refractivity contribution in [2.75, 3.05) is 14.2 Å². The van der Waals surface area contributed by atoms with Gasteiger partial charge in [0.05, 0.1) is 28.7 Å². The van der Waals surface area contributed by atoms with Gasteiger partial charge in [0.15, 0.2) is 0 Å². The molecule has 8 nitrogen and oxygen atoms in total. The maximum absolute atomic E-state index is 12.1. The molecule has 2 heterocycles. The minimum absolute atomic E-state index is 0.0603. The van der Waals surface area contributed by atoms with Gasteiger partial charge in [-0.15, -0.1) is 0 Å². The monoisotopic (exact) mass is 387 g/mol. The highest BCUT2D eigenvalue weighted by Gasteiger charge is 2.32. The first-order chi connectivity index (χ1) is 12.7. The standard InChI is InChI=1S/C18H17N3O5S/c1-10-7-12(8-16-17(22)19(3)18(23)27-16)11(2)20(10)14-6-5-13(21(24)25)9-15(14)26-4/h5-9H,1-4H3/b16-8-. The fraction of sp³-hybridized carbons (Fsp3) is 0.222. The van der Waals surface area contributed by atoms with Gasteiger partial charge < -0.3 is 9.30 Å². The van der Waals surface area contributed by atoms with Crippen LogP contribution in [0.2, 0.25) is 0 Å². The molecule has 0 saturated carbocycles. The molecule has 0 unspecified atom stereocenters. The van der Waals surface area contributed by atoms with Crippen molar-refractivity contribution in [1.82, 2.24) is 9.47 Å². The van der Waals surface area contributed by atoms with E-state index in [-0.39, 0.29) is 16.8 Å². The Morgan fingerprint density at radius 2 is 1.93 bits per heavy atom. The first-order valence-corrected chi connectivity index (χ1v) is 8.79. The summed E-state index contributed by atoms with van der Waals surface area (Å²) in [5.41, 5.74) is 3.06. The number of methoxy groups -OCH3 is 1. The van der Waals surface area contributed by atoms with Gasteiger partial charge in [-0.25, -0.2) is 0 Å². The number of nitro benzene ring substituents is 1. The highest BCUT2D eigenvalue weighted by molar-refractivity contribution is 8.18. The van der Waals surface area contributed by atoms with E-state index in [2.05, 4.69) is 0 Å². The molecular formula is C18H17N3O5S. The number of hydrogen-bond acceptors (Lipinski definition) is 6. The Morgan fingerprint density at radius 3 is 2.48 bits per heavy atom. The van der Waals surface area contributed by atoms with Gasteiger partial charge in [0, 0.05) is 24.5 Å². The third kappa shape index (κ3) is 3.21. The number of thioether (sulfide) groups is 1. The van der Waals surface area contributed by atoms with E-state index in [1.165, 1.54) is 26.3 Å². The van der Waals surface area contributed by atoms with Crippen molar-refractivity contribution in [3.05, 3.63) is 56.2 Å². The van der Waals surface area contributed by atoms with Crippen molar-refractivity contribution in [1.29, 1.82) is 0 Å². The lowest BCUT2D eigenvalue weighted by molar-refractivity contribution is -0.384. The van der Waals surface area contributed by atoms with E-state index < -0.39 is 4.92 Å². The number of non-ortho nitro benzene ring substituents is 1. The number of rotatable bonds is 4. The number of amides is 2. The molecule has 0 bridgehead atoms. The van der Waals surface area contributed by atoms with Gasteiger partial charge in [0.25, 0.3) is 16.8 Å². The minimum atomic E-state index is -0.478. The zero-order chi connectivity index (χ0) is 19.9. The topological polar surface area (TPSA) is 94.7 Å². The average molecular weight is 387 g/mol. The Morgan fingerprint density at radius 1 is 1.22 bits per heavy atom. The normalized spacial score (nSPS) is 15.7. The molecule has 9 heteroatoms. The molecule has 1 saturated heterocycles. The predicted octanol–water partition coefficient (Wildman–Crippen LogP) is 3.68. The summed E-state index contributed by atoms with van der Waals surface area (Å²) in [4.78, 5) is 35.8. The molecule has 0 radical (unpaired) electrons. The average Bonchev–Trinajstić information content (AvgIpc) is 3.04. The van der Waals surface area contributed by atoms with E-state index in [9.17, 15) is 19.7 Å². The van der Waals surface area contributed by atoms with Gasteiger partial charge in [-0.05, 0) is 49.4 Å². The van der Waals surface area contributed by atoms with E-state index in [1.54, 1.807) is 12.1 Å². The largest absolute Gasteiger partial charge is 0.494 e. The van der Waals surface area contributed by atoms with Gasteiger partial charge in [0.1, 0.15) is 5.75 Å². The van der Waals surface area contributed by atoms with E-state index in [0.29, 0.717) is 16.3 Å². The highest BCUT2D eigenvalue weighted by atomic mass is 32.2. The van der Waals surface area contributed by atoms with Crippen molar-refractivity contribution in [2.24, 2.45) is 0 Å². The number of likely N-dealkylation sites (N-methyl/N-ethyl adjacent to an activating group) is 1. The van der Waals surface area contributed by atoms with Crippen LogP contribution in [0.4, 0.5) is 10.5 Å². The molecular weight excluding hydrogens is 370 g/mol. The van der Waals surface area contributed by atoms with Crippen molar-refractivity contribution >= 4 is 34.7 Å². The smallest absolute Gasteiger partial charge is 0.293 e. The lowest BCUT2D eigenvalue weighted by Crippen LogP contribution is -2.22. The molecule has 0 N–H and O–H groups in total. The number of hydrogen-bond donors (Lipinski definition) is 0. The van der Waals surface area contributed by atoms with Crippen LogP contribution in [0.1, 0.15) is 17.0 Å². The number of benzene rings is 1. The molecule has 3 rings (SSSR count). The molecule has 1 aromatic carbocycles. The number of ether oxygens (including phenoxy) is 1. The molecule has 1 fully saturated rings. The summed E-state index contributed by atoms with van der Waals surface area (Å²) >= 11 is 0.899. The van der Waals surface area contributed by atoms with E-state index in [0.717, 1.165) is 33.6 Å². The summed E-state index contributed by atoms with van der Waals surface area (Å²) in [6.07, 6.45) is 1.69. The van der Waals surface area contributed by atoms with Gasteiger partial charge in [-0.3, -0.25) is 24.6 Å².